The maximum atomic E-state index is 7.34. The Labute approximate surface area is 561 Å². The van der Waals surface area contributed by atoms with Crippen LogP contribution in [0.4, 0.5) is 34.3 Å². The second-order valence-electron chi connectivity index (χ2n) is 26.7. The van der Waals surface area contributed by atoms with Crippen LogP contribution in [0.1, 0.15) is 74.9 Å². The average molecular weight is 1400 g/mol. The zero-order valence-corrected chi connectivity index (χ0v) is 55.7. The molecule has 12 aromatic carbocycles. The van der Waals surface area contributed by atoms with E-state index in [2.05, 4.69) is 383 Å². The van der Waals surface area contributed by atoms with Crippen LogP contribution < -0.4 is 14.5 Å². The fraction of sp³-hybridized carbons (Fsp3) is 0.103. The molecule has 2 aliphatic rings. The summed E-state index contributed by atoms with van der Waals surface area (Å²) < 4.78 is 13.2. The third-order valence-corrected chi connectivity index (χ3v) is 19.9. The number of anilines is 6. The molecule has 0 fully saturated rings. The van der Waals surface area contributed by atoms with Crippen molar-refractivity contribution < 1.29 is 24.1 Å². The Bertz CT molecular complexity index is 5130. The second-order valence-corrected chi connectivity index (χ2v) is 27.7. The van der Waals surface area contributed by atoms with Gasteiger partial charge in [-0.05, 0) is 63.6 Å². The summed E-state index contributed by atoms with van der Waals surface area (Å²) >= 11 is 2.55. The molecule has 0 saturated heterocycles. The number of para-hydroxylation sites is 4. The number of benzene rings is 12. The van der Waals surface area contributed by atoms with Gasteiger partial charge in [0.25, 0.3) is 0 Å². The first kappa shape index (κ1) is 58.4. The summed E-state index contributed by atoms with van der Waals surface area (Å²) in [4.78, 5) is 10.2. The molecule has 2 aromatic heterocycles. The van der Waals surface area contributed by atoms with E-state index < -0.39 is 5.41 Å². The first-order valence-corrected chi connectivity index (χ1v) is 33.5. The van der Waals surface area contributed by atoms with E-state index >= 15 is 0 Å². The Kier molecular flexibility index (Phi) is 14.4. The minimum atomic E-state index is -0.849. The predicted octanol–water partition coefficient (Wildman–Crippen LogP) is 22.9. The normalized spacial score (nSPS) is 13.1. The van der Waals surface area contributed by atoms with Gasteiger partial charge in [-0.2, -0.15) is 0 Å². The fourth-order valence-corrected chi connectivity index (χ4v) is 15.5. The van der Waals surface area contributed by atoms with Crippen LogP contribution in [0.15, 0.2) is 310 Å². The number of fused-ring (bicyclic) bond motifs is 9. The topological polar surface area (TPSA) is 38.5 Å². The Balaban J connectivity index is 0.908. The van der Waals surface area contributed by atoms with Gasteiger partial charge < -0.3 is 4.90 Å². The van der Waals surface area contributed by atoms with Crippen LogP contribution >= 0.6 is 0 Å². The summed E-state index contributed by atoms with van der Waals surface area (Å²) in [5.74, 6) is 2.24. The minimum absolute atomic E-state index is 0.105. The summed E-state index contributed by atoms with van der Waals surface area (Å²) in [5, 5.41) is 0. The molecule has 0 N–H and O–H groups in total. The van der Waals surface area contributed by atoms with Gasteiger partial charge in [0.2, 0.25) is 0 Å². The molecule has 6 nitrogen and oxygen atoms in total. The van der Waals surface area contributed by atoms with E-state index in [-0.39, 0.29) is 10.8 Å². The number of aromatic nitrogens is 3. The number of ether oxygens (including phenoxy) is 1. The van der Waals surface area contributed by atoms with Crippen molar-refractivity contribution >= 4 is 45.3 Å². The van der Waals surface area contributed by atoms with Crippen molar-refractivity contribution in [1.82, 2.24) is 14.1 Å². The van der Waals surface area contributed by atoms with Crippen LogP contribution in [-0.2, 0) is 35.6 Å². The van der Waals surface area contributed by atoms with Crippen LogP contribution in [0.5, 0.6) is 11.5 Å². The molecule has 458 valence electrons. The van der Waals surface area contributed by atoms with E-state index in [0.717, 1.165) is 105 Å². The molecule has 94 heavy (non-hydrogen) atoms. The van der Waals surface area contributed by atoms with Gasteiger partial charge in [-0.25, -0.2) is 0 Å². The van der Waals surface area contributed by atoms with E-state index in [1.54, 1.807) is 0 Å². The van der Waals surface area contributed by atoms with Gasteiger partial charge in [0.15, 0.2) is 0 Å². The zero-order chi connectivity index (χ0) is 63.9. The molecule has 7 heteroatoms. The van der Waals surface area contributed by atoms with Crippen molar-refractivity contribution in [2.75, 3.05) is 9.80 Å². The summed E-state index contributed by atoms with van der Waals surface area (Å²) in [7, 11) is 0. The molecule has 2 aliphatic heterocycles. The summed E-state index contributed by atoms with van der Waals surface area (Å²) in [6.45, 7) is 13.7. The van der Waals surface area contributed by atoms with Crippen molar-refractivity contribution in [1.29, 1.82) is 0 Å². The number of pyridine rings is 1. The van der Waals surface area contributed by atoms with Crippen LogP contribution in [0.2, 0.25) is 0 Å². The van der Waals surface area contributed by atoms with Crippen molar-refractivity contribution in [2.45, 2.75) is 57.8 Å². The quantitative estimate of drug-likeness (QED) is 0.137. The summed E-state index contributed by atoms with van der Waals surface area (Å²) in [6.07, 6.45) is 1.97. The van der Waals surface area contributed by atoms with Crippen LogP contribution in [0, 0.1) is 3.80 Å². The van der Waals surface area contributed by atoms with Gasteiger partial charge in [-0.3, -0.25) is 0 Å². The molecule has 0 atom stereocenters. The van der Waals surface area contributed by atoms with Crippen LogP contribution in [0.3, 0.4) is 0 Å². The van der Waals surface area contributed by atoms with Crippen molar-refractivity contribution in [3.8, 4) is 67.4 Å². The number of hydrogen-bond donors (Lipinski definition) is 0. The molecule has 0 bridgehead atoms. The first-order valence-electron chi connectivity index (χ1n) is 32.3. The SMILES string of the molecule is CC(C)(C)c1ccnc(N2c3ccccc3C3(c4ccc(-c5ccccc5)cc4N(c4ccccc4)c4cc(-c5ccccc5)ccc43)c3ccc(Oc4cccc(-n5[c](=[Pt])n(-c6c(-c7ccccc7)cc(C(C)(C)C)cc6-c6ccccc6)c6ccccc65)c4)cc32)c1. The number of hydrogen-bond acceptors (Lipinski definition) is 4. The van der Waals surface area contributed by atoms with Crippen molar-refractivity contribution in [2.24, 2.45) is 0 Å². The van der Waals surface area contributed by atoms with Gasteiger partial charge in [0, 0.05) is 11.9 Å². The molecule has 0 saturated carbocycles. The maximum absolute atomic E-state index is 7.34. The Hall–Kier alpha value is -10.7. The first-order chi connectivity index (χ1) is 45.8. The second kappa shape index (κ2) is 23.2. The zero-order valence-electron chi connectivity index (χ0n) is 53.4. The fourth-order valence-electron chi connectivity index (χ4n) is 14.4. The average Bonchev–Trinajstić information content (AvgIpc) is 0.802. The van der Waals surface area contributed by atoms with Crippen LogP contribution in [-0.4, -0.2) is 14.1 Å². The third kappa shape index (κ3) is 9.90. The van der Waals surface area contributed by atoms with Gasteiger partial charge in [-0.1, -0.05) is 142 Å². The molecule has 0 unspecified atom stereocenters. The molecule has 1 spiro atoms. The number of imidazole rings is 1. The van der Waals surface area contributed by atoms with Gasteiger partial charge in [-0.15, -0.1) is 0 Å². The van der Waals surface area contributed by atoms with Crippen LogP contribution in [0.25, 0.3) is 66.9 Å². The molecule has 16 rings (SSSR count). The number of nitrogens with zero attached hydrogens (tertiary/aromatic N) is 5. The summed E-state index contributed by atoms with van der Waals surface area (Å²) in [5.41, 5.74) is 24.8. The van der Waals surface area contributed by atoms with Gasteiger partial charge >= 0.3 is 331 Å². The van der Waals surface area contributed by atoms with E-state index in [1.807, 2.05) is 6.20 Å². The van der Waals surface area contributed by atoms with Gasteiger partial charge in [0.05, 0.1) is 11.4 Å². The van der Waals surface area contributed by atoms with E-state index in [4.69, 9.17) is 9.72 Å². The molecule has 4 heterocycles. The third-order valence-electron chi connectivity index (χ3n) is 18.9. The standard InChI is InChI=1S/C87H69N5O.Pt/c1-85(2,3)65-49-50-88-83(55-65)92-77-40-23-22-39-73(77)87(74-46-43-63(59-27-12-7-13-28-59)51-80(74)91(67-35-20-11-21-36-67)81-52-64(44-47-75(81)87)60-29-14-8-15-30-60)76-48-45-70(57-82(76)92)93-69-38-26-37-68(56-69)89-58-90(79-42-25-24-41-78(79)89)84-71(61-31-16-9-17-32-61)53-66(86(4,5)6)54-72(84)62-33-18-10-19-34-62;/h7-57H,1-6H3;. The predicted molar refractivity (Wildman–Crippen MR) is 384 cm³/mol. The Morgan fingerprint density at radius 3 is 1.36 bits per heavy atom. The van der Waals surface area contributed by atoms with Crippen molar-refractivity contribution in [3.05, 3.63) is 347 Å². The Morgan fingerprint density at radius 1 is 0.340 bits per heavy atom. The molecule has 0 radical (unpaired) electrons. The monoisotopic (exact) mass is 1390 g/mol. The summed E-state index contributed by atoms with van der Waals surface area (Å²) in [6, 6.07) is 111. The molecule has 0 aliphatic carbocycles. The molecule has 14 aromatic rings. The molecular formula is C87H69N5OPt. The van der Waals surface area contributed by atoms with E-state index in [0.29, 0.717) is 11.5 Å². The van der Waals surface area contributed by atoms with E-state index in [1.165, 1.54) is 33.4 Å². The van der Waals surface area contributed by atoms with E-state index in [9.17, 15) is 0 Å². The van der Waals surface area contributed by atoms with Crippen molar-refractivity contribution in [3.63, 3.8) is 0 Å². The van der Waals surface area contributed by atoms with Gasteiger partial charge in [0.1, 0.15) is 0 Å². The number of rotatable bonds is 10. The molecular weight excluding hydrogens is 1330 g/mol. The Morgan fingerprint density at radius 2 is 0.798 bits per heavy atom. The molecule has 0 amide bonds.